The van der Waals surface area contributed by atoms with E-state index >= 15 is 0 Å². The predicted octanol–water partition coefficient (Wildman–Crippen LogP) is 5.52. The van der Waals surface area contributed by atoms with Gasteiger partial charge in [-0.15, -0.1) is 0 Å². The van der Waals surface area contributed by atoms with Crippen LogP contribution >= 0.6 is 0 Å². The van der Waals surface area contributed by atoms with Gasteiger partial charge in [-0.25, -0.2) is 9.78 Å². The highest BCUT2D eigenvalue weighted by Gasteiger charge is 2.21. The van der Waals surface area contributed by atoms with Gasteiger partial charge in [0.15, 0.2) is 11.4 Å². The Labute approximate surface area is 192 Å². The molecule has 0 saturated carbocycles. The summed E-state index contributed by atoms with van der Waals surface area (Å²) in [5, 5.41) is 9.59. The molecule has 0 aliphatic heterocycles. The van der Waals surface area contributed by atoms with Crippen LogP contribution < -0.4 is 14.2 Å². The average molecular weight is 441 g/mol. The minimum atomic E-state index is -1.18. The summed E-state index contributed by atoms with van der Waals surface area (Å²) < 4.78 is 18.0. The minimum Gasteiger partial charge on any atom is -0.485 e. The highest BCUT2D eigenvalue weighted by atomic mass is 16.5. The van der Waals surface area contributed by atoms with Crippen molar-refractivity contribution in [3.8, 4) is 17.4 Å². The number of benzene rings is 3. The van der Waals surface area contributed by atoms with E-state index in [4.69, 9.17) is 14.2 Å². The van der Waals surface area contributed by atoms with Crippen molar-refractivity contribution in [2.24, 2.45) is 0 Å². The van der Waals surface area contributed by atoms with E-state index in [2.05, 4.69) is 4.98 Å². The van der Waals surface area contributed by atoms with Gasteiger partial charge in [-0.3, -0.25) is 0 Å². The van der Waals surface area contributed by atoms with Crippen molar-refractivity contribution in [3.05, 3.63) is 119 Å². The summed E-state index contributed by atoms with van der Waals surface area (Å²) in [6.07, 6.45) is 0. The van der Waals surface area contributed by atoms with Gasteiger partial charge >= 0.3 is 5.97 Å². The summed E-state index contributed by atoms with van der Waals surface area (Å²) in [7, 11) is 0. The zero-order chi connectivity index (χ0) is 22.9. The number of nitrogens with zero attached hydrogens (tertiary/aromatic N) is 1. The second-order valence-corrected chi connectivity index (χ2v) is 7.27. The van der Waals surface area contributed by atoms with Gasteiger partial charge in [0.25, 0.3) is 5.88 Å². The summed E-state index contributed by atoms with van der Waals surface area (Å²) in [6, 6.07) is 30.2. The molecule has 0 radical (unpaired) electrons. The number of carboxylic acid groups (broad SMARTS) is 1. The van der Waals surface area contributed by atoms with Crippen molar-refractivity contribution in [3.63, 3.8) is 0 Å². The molecule has 6 heteroatoms. The maximum Gasteiger partial charge on any atom is 0.354 e. The lowest BCUT2D eigenvalue weighted by atomic mass is 10.2. The molecule has 1 aromatic heterocycles. The normalized spacial score (nSPS) is 10.4. The molecule has 6 nitrogen and oxygen atoms in total. The third kappa shape index (κ3) is 6.11. The van der Waals surface area contributed by atoms with E-state index in [1.165, 1.54) is 6.07 Å². The highest BCUT2D eigenvalue weighted by Crippen LogP contribution is 2.38. The molecule has 0 bridgehead atoms. The first-order valence-electron chi connectivity index (χ1n) is 10.5. The Morgan fingerprint density at radius 3 is 1.61 bits per heavy atom. The molecule has 0 atom stereocenters. The van der Waals surface area contributed by atoms with Crippen LogP contribution in [0.1, 0.15) is 27.2 Å². The number of hydrogen-bond acceptors (Lipinski definition) is 5. The Morgan fingerprint density at radius 2 is 1.12 bits per heavy atom. The molecule has 1 N–H and O–H groups in total. The fourth-order valence-corrected chi connectivity index (χ4v) is 3.13. The fraction of sp³-hybridized carbons (Fsp3) is 0.111. The van der Waals surface area contributed by atoms with Crippen LogP contribution in [0.25, 0.3) is 0 Å². The second-order valence-electron chi connectivity index (χ2n) is 7.27. The van der Waals surface area contributed by atoms with Gasteiger partial charge in [-0.05, 0) is 16.7 Å². The standard InChI is InChI=1S/C27H23NO5/c29-27(30)23-16-24(31-17-20-10-4-1-5-11-20)25(32-18-21-12-6-2-7-13-21)26(28-23)33-19-22-14-8-3-9-15-22/h1-16H,17-19H2,(H,29,30). The number of carbonyl (C=O) groups is 1. The number of aromatic carboxylic acids is 1. The quantitative estimate of drug-likeness (QED) is 0.349. The Hall–Kier alpha value is -4.32. The summed E-state index contributed by atoms with van der Waals surface area (Å²) in [6.45, 7) is 0.693. The third-order valence-corrected chi connectivity index (χ3v) is 4.81. The Kier molecular flexibility index (Phi) is 7.18. The molecule has 166 valence electrons. The molecule has 0 fully saturated rings. The van der Waals surface area contributed by atoms with E-state index < -0.39 is 5.97 Å². The van der Waals surface area contributed by atoms with Crippen molar-refractivity contribution < 1.29 is 24.1 Å². The second kappa shape index (κ2) is 10.8. The maximum atomic E-state index is 11.7. The molecule has 0 spiro atoms. The number of aromatic nitrogens is 1. The van der Waals surface area contributed by atoms with E-state index in [-0.39, 0.29) is 42.9 Å². The van der Waals surface area contributed by atoms with Gasteiger partial charge in [-0.1, -0.05) is 91.0 Å². The largest absolute Gasteiger partial charge is 0.485 e. The first kappa shape index (κ1) is 21.9. The SMILES string of the molecule is O=C(O)c1cc(OCc2ccccc2)c(OCc2ccccc2)c(OCc2ccccc2)n1. The molecule has 0 saturated heterocycles. The van der Waals surface area contributed by atoms with Crippen molar-refractivity contribution in [2.45, 2.75) is 19.8 Å². The lowest BCUT2D eigenvalue weighted by Crippen LogP contribution is -2.09. The molecule has 0 amide bonds. The van der Waals surface area contributed by atoms with Crippen LogP contribution in [0.2, 0.25) is 0 Å². The number of hydrogen-bond donors (Lipinski definition) is 1. The van der Waals surface area contributed by atoms with Crippen molar-refractivity contribution in [1.29, 1.82) is 0 Å². The van der Waals surface area contributed by atoms with Crippen LogP contribution in [0.4, 0.5) is 0 Å². The molecule has 4 aromatic rings. The number of carboxylic acids is 1. The van der Waals surface area contributed by atoms with Crippen LogP contribution in [-0.2, 0) is 19.8 Å². The van der Waals surface area contributed by atoms with Gasteiger partial charge in [-0.2, -0.15) is 0 Å². The predicted molar refractivity (Wildman–Crippen MR) is 124 cm³/mol. The van der Waals surface area contributed by atoms with E-state index in [0.717, 1.165) is 16.7 Å². The Bertz CT molecular complexity index is 1120. The lowest BCUT2D eigenvalue weighted by molar-refractivity contribution is 0.0687. The minimum absolute atomic E-state index is 0.0674. The number of pyridine rings is 1. The lowest BCUT2D eigenvalue weighted by Gasteiger charge is -2.17. The van der Waals surface area contributed by atoms with Crippen LogP contribution in [0, 0.1) is 0 Å². The van der Waals surface area contributed by atoms with E-state index in [9.17, 15) is 9.90 Å². The van der Waals surface area contributed by atoms with Crippen LogP contribution in [-0.4, -0.2) is 16.1 Å². The van der Waals surface area contributed by atoms with Crippen molar-refractivity contribution in [2.75, 3.05) is 0 Å². The molecule has 0 unspecified atom stereocenters. The zero-order valence-corrected chi connectivity index (χ0v) is 17.9. The monoisotopic (exact) mass is 441 g/mol. The smallest absolute Gasteiger partial charge is 0.354 e. The highest BCUT2D eigenvalue weighted by molar-refractivity contribution is 5.86. The first-order valence-corrected chi connectivity index (χ1v) is 10.5. The third-order valence-electron chi connectivity index (χ3n) is 4.81. The van der Waals surface area contributed by atoms with E-state index in [1.54, 1.807) is 0 Å². The van der Waals surface area contributed by atoms with Crippen LogP contribution in [0.3, 0.4) is 0 Å². The summed E-state index contributed by atoms with van der Waals surface area (Å²) in [5.41, 5.74) is 2.61. The summed E-state index contributed by atoms with van der Waals surface area (Å²) in [5.74, 6) is -0.600. The van der Waals surface area contributed by atoms with Gasteiger partial charge in [0.05, 0.1) is 0 Å². The van der Waals surface area contributed by atoms with Crippen molar-refractivity contribution >= 4 is 5.97 Å². The van der Waals surface area contributed by atoms with Gasteiger partial charge in [0.1, 0.15) is 19.8 Å². The molecule has 33 heavy (non-hydrogen) atoms. The summed E-state index contributed by atoms with van der Waals surface area (Å²) in [4.78, 5) is 15.9. The summed E-state index contributed by atoms with van der Waals surface area (Å²) >= 11 is 0. The van der Waals surface area contributed by atoms with Gasteiger partial charge < -0.3 is 19.3 Å². The molecule has 1 heterocycles. The number of ether oxygens (including phenoxy) is 3. The van der Waals surface area contributed by atoms with Crippen LogP contribution in [0.15, 0.2) is 97.1 Å². The van der Waals surface area contributed by atoms with E-state index in [1.807, 2.05) is 91.0 Å². The number of rotatable bonds is 10. The Morgan fingerprint density at radius 1 is 0.667 bits per heavy atom. The van der Waals surface area contributed by atoms with Crippen LogP contribution in [0.5, 0.6) is 17.4 Å². The Balaban J connectivity index is 1.65. The molecular weight excluding hydrogens is 418 g/mol. The first-order chi connectivity index (χ1) is 16.2. The molecule has 0 aliphatic carbocycles. The van der Waals surface area contributed by atoms with Gasteiger partial charge in [0.2, 0.25) is 5.75 Å². The topological polar surface area (TPSA) is 77.9 Å². The van der Waals surface area contributed by atoms with E-state index in [0.29, 0.717) is 0 Å². The zero-order valence-electron chi connectivity index (χ0n) is 17.9. The molecule has 0 aliphatic rings. The molecule has 3 aromatic carbocycles. The fourth-order valence-electron chi connectivity index (χ4n) is 3.13. The molecule has 4 rings (SSSR count). The van der Waals surface area contributed by atoms with Crippen molar-refractivity contribution in [1.82, 2.24) is 4.98 Å². The average Bonchev–Trinajstić information content (AvgIpc) is 2.87. The van der Waals surface area contributed by atoms with Gasteiger partial charge in [0, 0.05) is 6.07 Å². The maximum absolute atomic E-state index is 11.7. The molecular formula is C27H23NO5.